The Morgan fingerprint density at radius 2 is 1.59 bits per heavy atom. The second-order valence-electron chi connectivity index (χ2n) is 5.86. The molecule has 0 aliphatic rings. The Labute approximate surface area is 155 Å². The van der Waals surface area contributed by atoms with Crippen LogP contribution in [0.3, 0.4) is 0 Å². The number of hydrogen-bond acceptors (Lipinski definition) is 4. The van der Waals surface area contributed by atoms with Gasteiger partial charge in [0.05, 0.1) is 17.8 Å². The summed E-state index contributed by atoms with van der Waals surface area (Å²) in [7, 11) is 0. The maximum absolute atomic E-state index is 13.6. The summed E-state index contributed by atoms with van der Waals surface area (Å²) in [6, 6.07) is 11.3. The van der Waals surface area contributed by atoms with Gasteiger partial charge in [-0.1, -0.05) is 12.1 Å². The maximum atomic E-state index is 13.6. The second kappa shape index (κ2) is 8.18. The minimum absolute atomic E-state index is 0.0573. The predicted molar refractivity (Wildman–Crippen MR) is 98.7 cm³/mol. The van der Waals surface area contributed by atoms with E-state index in [0.717, 1.165) is 11.8 Å². The molecule has 1 aromatic carbocycles. The van der Waals surface area contributed by atoms with Gasteiger partial charge in [0.25, 0.3) is 11.8 Å². The zero-order valence-corrected chi connectivity index (χ0v) is 14.5. The third-order valence-electron chi connectivity index (χ3n) is 3.98. The number of anilines is 1. The first kappa shape index (κ1) is 18.2. The molecule has 2 aromatic heterocycles. The molecule has 2 N–H and O–H groups in total. The fraction of sp³-hybridized carbons (Fsp3) is 0.100. The van der Waals surface area contributed by atoms with Gasteiger partial charge >= 0.3 is 0 Å². The Hall–Kier alpha value is -3.61. The van der Waals surface area contributed by atoms with Gasteiger partial charge in [-0.2, -0.15) is 0 Å². The SMILES string of the molecule is C[C@@H](NC(=O)c1ccncc1F)c1ccc(NC(=O)c2ccncc2)cc1. The van der Waals surface area contributed by atoms with Crippen LogP contribution in [0.5, 0.6) is 0 Å². The zero-order chi connectivity index (χ0) is 19.2. The second-order valence-corrected chi connectivity index (χ2v) is 5.86. The molecule has 3 rings (SSSR count). The van der Waals surface area contributed by atoms with Crippen molar-refractivity contribution in [3.8, 4) is 0 Å². The molecular formula is C20H17FN4O2. The van der Waals surface area contributed by atoms with Crippen molar-refractivity contribution in [2.75, 3.05) is 5.32 Å². The summed E-state index contributed by atoms with van der Waals surface area (Å²) in [5.41, 5.74) is 1.89. The molecule has 0 saturated heterocycles. The topological polar surface area (TPSA) is 84.0 Å². The number of hydrogen-bond donors (Lipinski definition) is 2. The quantitative estimate of drug-likeness (QED) is 0.727. The van der Waals surface area contributed by atoms with Gasteiger partial charge in [-0.3, -0.25) is 19.6 Å². The van der Waals surface area contributed by atoms with E-state index >= 15 is 0 Å². The normalized spacial score (nSPS) is 11.5. The number of carbonyl (C=O) groups excluding carboxylic acids is 2. The molecule has 2 heterocycles. The maximum Gasteiger partial charge on any atom is 0.255 e. The molecule has 1 atom stereocenters. The van der Waals surface area contributed by atoms with E-state index in [1.807, 2.05) is 0 Å². The summed E-state index contributed by atoms with van der Waals surface area (Å²) in [5, 5.41) is 5.53. The highest BCUT2D eigenvalue weighted by molar-refractivity contribution is 6.04. The van der Waals surface area contributed by atoms with Crippen LogP contribution >= 0.6 is 0 Å². The largest absolute Gasteiger partial charge is 0.345 e. The molecular weight excluding hydrogens is 347 g/mol. The number of benzene rings is 1. The van der Waals surface area contributed by atoms with Gasteiger partial charge in [0, 0.05) is 29.8 Å². The van der Waals surface area contributed by atoms with Gasteiger partial charge in [-0.05, 0) is 42.8 Å². The minimum atomic E-state index is -0.670. The van der Waals surface area contributed by atoms with Crippen LogP contribution in [0.15, 0.2) is 67.3 Å². The number of carbonyl (C=O) groups is 2. The summed E-state index contributed by atoms with van der Waals surface area (Å²) < 4.78 is 13.6. The van der Waals surface area contributed by atoms with E-state index in [9.17, 15) is 14.0 Å². The Balaban J connectivity index is 1.63. The lowest BCUT2D eigenvalue weighted by Crippen LogP contribution is -2.27. The monoisotopic (exact) mass is 364 g/mol. The fourth-order valence-corrected chi connectivity index (χ4v) is 2.48. The smallest absolute Gasteiger partial charge is 0.255 e. The van der Waals surface area contributed by atoms with E-state index in [4.69, 9.17) is 0 Å². The van der Waals surface area contributed by atoms with E-state index in [1.54, 1.807) is 55.7 Å². The molecule has 0 aliphatic carbocycles. The van der Waals surface area contributed by atoms with Gasteiger partial charge in [-0.15, -0.1) is 0 Å². The van der Waals surface area contributed by atoms with E-state index in [2.05, 4.69) is 20.6 Å². The van der Waals surface area contributed by atoms with E-state index in [0.29, 0.717) is 11.3 Å². The molecule has 0 radical (unpaired) electrons. The minimum Gasteiger partial charge on any atom is -0.345 e. The van der Waals surface area contributed by atoms with Crippen molar-refractivity contribution in [3.05, 3.63) is 89.8 Å². The summed E-state index contributed by atoms with van der Waals surface area (Å²) in [6.07, 6.45) is 5.46. The van der Waals surface area contributed by atoms with Crippen molar-refractivity contribution in [1.29, 1.82) is 0 Å². The summed E-state index contributed by atoms with van der Waals surface area (Å²) in [5.74, 6) is -1.42. The van der Waals surface area contributed by atoms with Gasteiger partial charge in [0.2, 0.25) is 0 Å². The standard InChI is InChI=1S/C20H17FN4O2/c1-13(24-20(27)17-8-11-23-12-18(17)21)14-2-4-16(5-3-14)25-19(26)15-6-9-22-10-7-15/h2-13H,1H3,(H,24,27)(H,25,26)/t13-/m1/s1. The van der Waals surface area contributed by atoms with Crippen LogP contribution < -0.4 is 10.6 Å². The van der Waals surface area contributed by atoms with E-state index in [-0.39, 0.29) is 17.5 Å². The number of rotatable bonds is 5. The Bertz CT molecular complexity index is 946. The van der Waals surface area contributed by atoms with E-state index in [1.165, 1.54) is 12.3 Å². The van der Waals surface area contributed by atoms with Gasteiger partial charge in [0.1, 0.15) is 0 Å². The van der Waals surface area contributed by atoms with Crippen molar-refractivity contribution < 1.29 is 14.0 Å². The van der Waals surface area contributed by atoms with Crippen molar-refractivity contribution in [2.45, 2.75) is 13.0 Å². The van der Waals surface area contributed by atoms with Crippen molar-refractivity contribution >= 4 is 17.5 Å². The Morgan fingerprint density at radius 3 is 2.26 bits per heavy atom. The average molecular weight is 364 g/mol. The third-order valence-corrected chi connectivity index (χ3v) is 3.98. The molecule has 136 valence electrons. The molecule has 0 spiro atoms. The highest BCUT2D eigenvalue weighted by atomic mass is 19.1. The van der Waals surface area contributed by atoms with Crippen molar-refractivity contribution in [2.24, 2.45) is 0 Å². The first-order valence-corrected chi connectivity index (χ1v) is 8.26. The van der Waals surface area contributed by atoms with Crippen molar-refractivity contribution in [3.63, 3.8) is 0 Å². The molecule has 27 heavy (non-hydrogen) atoms. The van der Waals surface area contributed by atoms with Crippen molar-refractivity contribution in [1.82, 2.24) is 15.3 Å². The zero-order valence-electron chi connectivity index (χ0n) is 14.5. The summed E-state index contributed by atoms with van der Waals surface area (Å²) >= 11 is 0. The van der Waals surface area contributed by atoms with Crippen LogP contribution in [0.1, 0.15) is 39.2 Å². The number of nitrogens with one attached hydrogen (secondary N) is 2. The molecule has 3 aromatic rings. The summed E-state index contributed by atoms with van der Waals surface area (Å²) in [4.78, 5) is 31.8. The molecule has 0 bridgehead atoms. The van der Waals surface area contributed by atoms with Crippen LogP contribution in [0.25, 0.3) is 0 Å². The van der Waals surface area contributed by atoms with Crippen LogP contribution in [-0.4, -0.2) is 21.8 Å². The Kier molecular flexibility index (Phi) is 5.51. The lowest BCUT2D eigenvalue weighted by molar-refractivity contribution is 0.0935. The molecule has 2 amide bonds. The molecule has 0 aliphatic heterocycles. The fourth-order valence-electron chi connectivity index (χ4n) is 2.48. The lowest BCUT2D eigenvalue weighted by atomic mass is 10.1. The number of pyridine rings is 2. The molecule has 0 fully saturated rings. The van der Waals surface area contributed by atoms with Gasteiger partial charge in [0.15, 0.2) is 5.82 Å². The molecule has 0 unspecified atom stereocenters. The number of nitrogens with zero attached hydrogens (tertiary/aromatic N) is 2. The van der Waals surface area contributed by atoms with Crippen LogP contribution in [0.4, 0.5) is 10.1 Å². The lowest BCUT2D eigenvalue weighted by Gasteiger charge is -2.15. The van der Waals surface area contributed by atoms with Crippen LogP contribution in [-0.2, 0) is 0 Å². The van der Waals surface area contributed by atoms with Gasteiger partial charge in [-0.25, -0.2) is 4.39 Å². The van der Waals surface area contributed by atoms with Gasteiger partial charge < -0.3 is 10.6 Å². The predicted octanol–water partition coefficient (Wildman–Crippen LogP) is 3.36. The number of aromatic nitrogens is 2. The number of amides is 2. The Morgan fingerprint density at radius 1 is 0.926 bits per heavy atom. The number of halogens is 1. The molecule has 0 saturated carbocycles. The van der Waals surface area contributed by atoms with Crippen LogP contribution in [0, 0.1) is 5.82 Å². The summed E-state index contributed by atoms with van der Waals surface area (Å²) in [6.45, 7) is 1.79. The average Bonchev–Trinajstić information content (AvgIpc) is 2.69. The van der Waals surface area contributed by atoms with Crippen LogP contribution in [0.2, 0.25) is 0 Å². The first-order valence-electron chi connectivity index (χ1n) is 8.26. The highest BCUT2D eigenvalue weighted by Crippen LogP contribution is 2.18. The third kappa shape index (κ3) is 4.52. The highest BCUT2D eigenvalue weighted by Gasteiger charge is 2.15. The van der Waals surface area contributed by atoms with E-state index < -0.39 is 11.7 Å². The molecule has 7 heteroatoms. The first-order chi connectivity index (χ1) is 13.0. The molecule has 6 nitrogen and oxygen atoms in total.